The zero-order valence-electron chi connectivity index (χ0n) is 13.6. The summed E-state index contributed by atoms with van der Waals surface area (Å²) in [5.41, 5.74) is 0.598. The van der Waals surface area contributed by atoms with Crippen LogP contribution < -0.4 is 4.74 Å². The number of hydrogen-bond acceptors (Lipinski definition) is 5. The number of fused-ring (bicyclic) bond motifs is 1. The van der Waals surface area contributed by atoms with E-state index in [4.69, 9.17) is 9.47 Å². The summed E-state index contributed by atoms with van der Waals surface area (Å²) >= 11 is 0. The highest BCUT2D eigenvalue weighted by atomic mass is 35.5. The van der Waals surface area contributed by atoms with E-state index < -0.39 is 5.97 Å². The van der Waals surface area contributed by atoms with E-state index >= 15 is 0 Å². The predicted molar refractivity (Wildman–Crippen MR) is 97.4 cm³/mol. The van der Waals surface area contributed by atoms with Crippen molar-refractivity contribution in [2.45, 2.75) is 13.5 Å². The molecule has 0 saturated heterocycles. The van der Waals surface area contributed by atoms with Gasteiger partial charge in [-0.15, -0.1) is 12.4 Å². The SMILES string of the molecule is CCOC(=O)c1ncc2cc(Oc3ccccc3)ccc2c1CO.Cl. The van der Waals surface area contributed by atoms with Crippen molar-refractivity contribution in [2.75, 3.05) is 6.61 Å². The molecule has 0 amide bonds. The summed E-state index contributed by atoms with van der Waals surface area (Å²) in [6.45, 7) is 1.69. The van der Waals surface area contributed by atoms with Gasteiger partial charge in [0.25, 0.3) is 0 Å². The van der Waals surface area contributed by atoms with Crippen molar-refractivity contribution >= 4 is 29.1 Å². The van der Waals surface area contributed by atoms with Gasteiger partial charge < -0.3 is 14.6 Å². The summed E-state index contributed by atoms with van der Waals surface area (Å²) in [7, 11) is 0. The van der Waals surface area contributed by atoms with Gasteiger partial charge in [0.1, 0.15) is 11.5 Å². The minimum Gasteiger partial charge on any atom is -0.461 e. The first kappa shape index (κ1) is 18.7. The summed E-state index contributed by atoms with van der Waals surface area (Å²) in [6, 6.07) is 14.9. The summed E-state index contributed by atoms with van der Waals surface area (Å²) in [5.74, 6) is 0.853. The van der Waals surface area contributed by atoms with E-state index in [1.54, 1.807) is 19.2 Å². The Balaban J connectivity index is 0.00000225. The van der Waals surface area contributed by atoms with E-state index in [0.717, 1.165) is 16.5 Å². The van der Waals surface area contributed by atoms with Crippen LogP contribution in [0.2, 0.25) is 0 Å². The molecule has 25 heavy (non-hydrogen) atoms. The smallest absolute Gasteiger partial charge is 0.357 e. The molecule has 0 saturated carbocycles. The van der Waals surface area contributed by atoms with Crippen LogP contribution in [0.3, 0.4) is 0 Å². The molecule has 130 valence electrons. The predicted octanol–water partition coefficient (Wildman–Crippen LogP) is 4.12. The number of para-hydroxylation sites is 1. The molecule has 0 radical (unpaired) electrons. The lowest BCUT2D eigenvalue weighted by Crippen LogP contribution is -2.11. The van der Waals surface area contributed by atoms with E-state index in [0.29, 0.717) is 11.3 Å². The van der Waals surface area contributed by atoms with Crippen LogP contribution in [0.15, 0.2) is 54.7 Å². The molecule has 0 aliphatic heterocycles. The Morgan fingerprint density at radius 3 is 2.56 bits per heavy atom. The van der Waals surface area contributed by atoms with Crippen molar-refractivity contribution in [3.05, 3.63) is 66.0 Å². The minimum atomic E-state index is -0.534. The fourth-order valence-electron chi connectivity index (χ4n) is 2.49. The Morgan fingerprint density at radius 2 is 1.88 bits per heavy atom. The molecule has 3 aromatic rings. The number of aromatic nitrogens is 1. The van der Waals surface area contributed by atoms with Crippen LogP contribution in [0.4, 0.5) is 0 Å². The van der Waals surface area contributed by atoms with Crippen molar-refractivity contribution in [2.24, 2.45) is 0 Å². The first-order valence-electron chi connectivity index (χ1n) is 7.65. The number of carbonyl (C=O) groups is 1. The molecule has 1 N–H and O–H groups in total. The number of pyridine rings is 1. The van der Waals surface area contributed by atoms with Crippen molar-refractivity contribution in [1.82, 2.24) is 4.98 Å². The molecular weight excluding hydrogens is 342 g/mol. The number of ether oxygens (including phenoxy) is 2. The quantitative estimate of drug-likeness (QED) is 0.694. The Morgan fingerprint density at radius 1 is 1.12 bits per heavy atom. The van der Waals surface area contributed by atoms with Gasteiger partial charge in [0.2, 0.25) is 0 Å². The van der Waals surface area contributed by atoms with Gasteiger partial charge in [-0.25, -0.2) is 9.78 Å². The molecule has 0 fully saturated rings. The largest absolute Gasteiger partial charge is 0.461 e. The third-order valence-electron chi connectivity index (χ3n) is 3.57. The van der Waals surface area contributed by atoms with E-state index in [-0.39, 0.29) is 31.3 Å². The lowest BCUT2D eigenvalue weighted by atomic mass is 10.0. The van der Waals surface area contributed by atoms with Gasteiger partial charge >= 0.3 is 5.97 Å². The van der Waals surface area contributed by atoms with Gasteiger partial charge in [0, 0.05) is 17.1 Å². The van der Waals surface area contributed by atoms with Crippen LogP contribution in [0.1, 0.15) is 23.0 Å². The number of benzene rings is 2. The first-order valence-corrected chi connectivity index (χ1v) is 7.65. The molecule has 0 atom stereocenters. The second kappa shape index (κ2) is 8.46. The minimum absolute atomic E-state index is 0. The summed E-state index contributed by atoms with van der Waals surface area (Å²) in [5, 5.41) is 11.2. The molecule has 2 aromatic carbocycles. The van der Waals surface area contributed by atoms with Crippen molar-refractivity contribution < 1.29 is 19.4 Å². The zero-order chi connectivity index (χ0) is 16.9. The van der Waals surface area contributed by atoms with Crippen molar-refractivity contribution in [1.29, 1.82) is 0 Å². The molecule has 0 aliphatic rings. The van der Waals surface area contributed by atoms with Crippen molar-refractivity contribution in [3.8, 4) is 11.5 Å². The Kier molecular flexibility index (Phi) is 6.33. The summed E-state index contributed by atoms with van der Waals surface area (Å²) < 4.78 is 10.8. The molecular formula is C19H18ClNO4. The number of aliphatic hydroxyl groups excluding tert-OH is 1. The van der Waals surface area contributed by atoms with Crippen LogP contribution in [0.25, 0.3) is 10.8 Å². The lowest BCUT2D eigenvalue weighted by molar-refractivity contribution is 0.0516. The number of halogens is 1. The van der Waals surface area contributed by atoms with Crippen LogP contribution in [0, 0.1) is 0 Å². The molecule has 0 unspecified atom stereocenters. The Labute approximate surface area is 151 Å². The maximum atomic E-state index is 12.0. The fourth-order valence-corrected chi connectivity index (χ4v) is 2.49. The van der Waals surface area contributed by atoms with Crippen LogP contribution >= 0.6 is 12.4 Å². The van der Waals surface area contributed by atoms with E-state index in [1.807, 2.05) is 42.5 Å². The molecule has 6 heteroatoms. The topological polar surface area (TPSA) is 68.7 Å². The fraction of sp³-hybridized carbons (Fsp3) is 0.158. The standard InChI is InChI=1S/C19H17NO4.ClH/c1-2-23-19(22)18-17(12-21)16-9-8-15(10-13(16)11-20-18)24-14-6-4-3-5-7-14;/h3-11,21H,2,12H2,1H3;1H. The highest BCUT2D eigenvalue weighted by Crippen LogP contribution is 2.28. The van der Waals surface area contributed by atoms with Crippen LogP contribution in [-0.2, 0) is 11.3 Å². The van der Waals surface area contributed by atoms with E-state index in [9.17, 15) is 9.90 Å². The van der Waals surface area contributed by atoms with E-state index in [2.05, 4.69) is 4.98 Å². The number of hydrogen-bond donors (Lipinski definition) is 1. The number of nitrogens with zero attached hydrogens (tertiary/aromatic N) is 1. The lowest BCUT2D eigenvalue weighted by Gasteiger charge is -2.11. The average Bonchev–Trinajstić information content (AvgIpc) is 2.61. The van der Waals surface area contributed by atoms with Gasteiger partial charge in [-0.2, -0.15) is 0 Å². The highest BCUT2D eigenvalue weighted by Gasteiger charge is 2.17. The van der Waals surface area contributed by atoms with Gasteiger partial charge in [-0.1, -0.05) is 24.3 Å². The first-order chi connectivity index (χ1) is 11.7. The number of esters is 1. The second-order valence-electron chi connectivity index (χ2n) is 5.13. The maximum Gasteiger partial charge on any atom is 0.357 e. The molecule has 1 aromatic heterocycles. The van der Waals surface area contributed by atoms with Gasteiger partial charge in [-0.05, 0) is 36.6 Å². The van der Waals surface area contributed by atoms with Gasteiger partial charge in [0.05, 0.1) is 13.2 Å². The Hall–Kier alpha value is -2.63. The highest BCUT2D eigenvalue weighted by molar-refractivity contribution is 5.96. The summed E-state index contributed by atoms with van der Waals surface area (Å²) in [6.07, 6.45) is 1.58. The number of rotatable bonds is 5. The van der Waals surface area contributed by atoms with E-state index in [1.165, 1.54) is 0 Å². The van der Waals surface area contributed by atoms with Gasteiger partial charge in [-0.3, -0.25) is 0 Å². The number of aliphatic hydroxyl groups is 1. The maximum absolute atomic E-state index is 12.0. The van der Waals surface area contributed by atoms with Crippen LogP contribution in [0.5, 0.6) is 11.5 Å². The molecule has 3 rings (SSSR count). The third kappa shape index (κ3) is 4.07. The zero-order valence-corrected chi connectivity index (χ0v) is 14.5. The number of carbonyl (C=O) groups excluding carboxylic acids is 1. The molecule has 0 spiro atoms. The average molecular weight is 360 g/mol. The third-order valence-corrected chi connectivity index (χ3v) is 3.57. The van der Waals surface area contributed by atoms with Gasteiger partial charge in [0.15, 0.2) is 5.69 Å². The molecule has 0 aliphatic carbocycles. The normalized spacial score (nSPS) is 10.2. The monoisotopic (exact) mass is 359 g/mol. The molecule has 1 heterocycles. The second-order valence-corrected chi connectivity index (χ2v) is 5.13. The van der Waals surface area contributed by atoms with Crippen LogP contribution in [-0.4, -0.2) is 22.7 Å². The van der Waals surface area contributed by atoms with Crippen molar-refractivity contribution in [3.63, 3.8) is 0 Å². The molecule has 5 nitrogen and oxygen atoms in total. The Bertz CT molecular complexity index is 868. The molecule has 0 bridgehead atoms. The summed E-state index contributed by atoms with van der Waals surface area (Å²) in [4.78, 5) is 16.1.